The molecule has 2 fully saturated rings. The Labute approximate surface area is 178 Å². The number of nitrogens with zero attached hydrogens (tertiary/aromatic N) is 2. The molecule has 2 aromatic carbocycles. The van der Waals surface area contributed by atoms with Crippen molar-refractivity contribution in [3.63, 3.8) is 0 Å². The summed E-state index contributed by atoms with van der Waals surface area (Å²) >= 11 is 0. The lowest BCUT2D eigenvalue weighted by molar-refractivity contribution is -0.129. The summed E-state index contributed by atoms with van der Waals surface area (Å²) < 4.78 is 10.6. The lowest BCUT2D eigenvalue weighted by Gasteiger charge is -2.34. The van der Waals surface area contributed by atoms with Gasteiger partial charge in [0.25, 0.3) is 0 Å². The zero-order chi connectivity index (χ0) is 21.9. The number of imide groups is 1. The van der Waals surface area contributed by atoms with Gasteiger partial charge in [-0.3, -0.25) is 14.4 Å². The van der Waals surface area contributed by atoms with E-state index in [1.165, 1.54) is 14.2 Å². The van der Waals surface area contributed by atoms with Crippen molar-refractivity contribution in [3.8, 4) is 11.5 Å². The first-order chi connectivity index (χ1) is 15.0. The number of carbonyl (C=O) groups excluding carboxylic acids is 3. The van der Waals surface area contributed by atoms with Crippen LogP contribution < -0.4 is 20.1 Å². The molecular weight excluding hydrogens is 398 g/mol. The predicted octanol–water partition coefficient (Wildman–Crippen LogP) is 1.70. The van der Waals surface area contributed by atoms with Crippen LogP contribution in [-0.2, 0) is 14.4 Å². The van der Waals surface area contributed by atoms with Gasteiger partial charge in [0.1, 0.15) is 17.5 Å². The molecule has 2 aromatic rings. The third-order valence-electron chi connectivity index (χ3n) is 6.38. The van der Waals surface area contributed by atoms with Crippen LogP contribution in [0.15, 0.2) is 48.7 Å². The Hall–Kier alpha value is -3.81. The van der Waals surface area contributed by atoms with Crippen LogP contribution in [0.25, 0.3) is 6.08 Å². The molecule has 3 amide bonds. The van der Waals surface area contributed by atoms with Crippen molar-refractivity contribution in [1.82, 2.24) is 4.90 Å². The molecule has 8 nitrogen and oxygen atoms in total. The number of amides is 3. The first-order valence-corrected chi connectivity index (χ1v) is 9.91. The number of rotatable bonds is 4. The molecule has 2 N–H and O–H groups in total. The minimum atomic E-state index is -0.912. The molecule has 31 heavy (non-hydrogen) atoms. The molecule has 4 atom stereocenters. The second kappa shape index (κ2) is 6.87. The molecule has 0 spiro atoms. The van der Waals surface area contributed by atoms with Crippen molar-refractivity contribution >= 4 is 29.5 Å². The molecular formula is C23H21N3O5. The van der Waals surface area contributed by atoms with Crippen LogP contribution in [0, 0.1) is 11.8 Å². The lowest BCUT2D eigenvalue weighted by atomic mass is 9.84. The molecule has 0 aliphatic carbocycles. The quantitative estimate of drug-likeness (QED) is 0.757. The molecule has 5 rings (SSSR count). The van der Waals surface area contributed by atoms with E-state index < -0.39 is 35.7 Å². The van der Waals surface area contributed by atoms with Crippen molar-refractivity contribution in [1.29, 1.82) is 0 Å². The molecule has 158 valence electrons. The number of benzene rings is 2. The fourth-order valence-corrected chi connectivity index (χ4v) is 5.09. The average Bonchev–Trinajstić information content (AvgIpc) is 3.26. The van der Waals surface area contributed by atoms with Crippen molar-refractivity contribution in [2.24, 2.45) is 17.6 Å². The number of fused-ring (bicyclic) bond motifs is 5. The minimum absolute atomic E-state index is 0.321. The molecule has 3 aliphatic heterocycles. The van der Waals surface area contributed by atoms with Crippen molar-refractivity contribution in [2.75, 3.05) is 19.1 Å². The Morgan fingerprint density at radius 1 is 1.00 bits per heavy atom. The van der Waals surface area contributed by atoms with Gasteiger partial charge < -0.3 is 20.1 Å². The van der Waals surface area contributed by atoms with E-state index in [1.54, 1.807) is 29.3 Å². The van der Waals surface area contributed by atoms with E-state index in [0.717, 1.165) is 16.0 Å². The maximum absolute atomic E-state index is 13.7. The first-order valence-electron chi connectivity index (χ1n) is 9.91. The summed E-state index contributed by atoms with van der Waals surface area (Å²) in [5.41, 5.74) is 7.90. The minimum Gasteiger partial charge on any atom is -0.497 e. The molecule has 0 bridgehead atoms. The van der Waals surface area contributed by atoms with E-state index >= 15 is 0 Å². The molecule has 3 heterocycles. The molecule has 2 saturated heterocycles. The standard InChI is InChI=1S/C23H21N3O5/c1-30-13-7-8-15(16(11-13)31-2)26-22(28)17-18(23(26)29)20(21(24)27)25-10-9-12-5-3-4-6-14(12)19(17)25/h3-11,17-20H,1-2H3,(H2,24,27)/t17-,18+,19+,20+/m0/s1. The Morgan fingerprint density at radius 3 is 2.45 bits per heavy atom. The van der Waals surface area contributed by atoms with Gasteiger partial charge in [-0.05, 0) is 29.3 Å². The highest BCUT2D eigenvalue weighted by molar-refractivity contribution is 6.24. The Kier molecular flexibility index (Phi) is 4.25. The van der Waals surface area contributed by atoms with Gasteiger partial charge in [-0.1, -0.05) is 24.3 Å². The van der Waals surface area contributed by atoms with E-state index in [2.05, 4.69) is 0 Å². The summed E-state index contributed by atoms with van der Waals surface area (Å²) in [6, 6.07) is 11.2. The third-order valence-corrected chi connectivity index (χ3v) is 6.38. The summed E-state index contributed by atoms with van der Waals surface area (Å²) in [5.74, 6) is -2.21. The van der Waals surface area contributed by atoms with Crippen molar-refractivity contribution in [2.45, 2.75) is 12.1 Å². The second-order valence-electron chi connectivity index (χ2n) is 7.79. The van der Waals surface area contributed by atoms with Crippen LogP contribution in [-0.4, -0.2) is 42.9 Å². The first kappa shape index (κ1) is 19.2. The van der Waals surface area contributed by atoms with Crippen LogP contribution >= 0.6 is 0 Å². The summed E-state index contributed by atoms with van der Waals surface area (Å²) in [6.45, 7) is 0. The van der Waals surface area contributed by atoms with Crippen LogP contribution in [0.5, 0.6) is 11.5 Å². The zero-order valence-electron chi connectivity index (χ0n) is 17.0. The Bertz CT molecular complexity index is 1140. The van der Waals surface area contributed by atoms with Gasteiger partial charge in [0.15, 0.2) is 0 Å². The predicted molar refractivity (Wildman–Crippen MR) is 112 cm³/mol. The third kappa shape index (κ3) is 2.57. The fourth-order valence-electron chi connectivity index (χ4n) is 5.09. The fraction of sp³-hybridized carbons (Fsp3) is 0.261. The van der Waals surface area contributed by atoms with Crippen LogP contribution in [0.4, 0.5) is 5.69 Å². The highest BCUT2D eigenvalue weighted by atomic mass is 16.5. The summed E-state index contributed by atoms with van der Waals surface area (Å²) in [5, 5.41) is 0. The lowest BCUT2D eigenvalue weighted by Crippen LogP contribution is -2.46. The maximum atomic E-state index is 13.7. The number of hydrogen-bond acceptors (Lipinski definition) is 6. The van der Waals surface area contributed by atoms with Gasteiger partial charge in [0.05, 0.1) is 37.8 Å². The number of primary amides is 1. The van der Waals surface area contributed by atoms with Gasteiger partial charge in [-0.15, -0.1) is 0 Å². The van der Waals surface area contributed by atoms with Crippen LogP contribution in [0.1, 0.15) is 17.2 Å². The average molecular weight is 419 g/mol. The normalized spacial score (nSPS) is 25.9. The van der Waals surface area contributed by atoms with Gasteiger partial charge in [0.2, 0.25) is 17.7 Å². The largest absolute Gasteiger partial charge is 0.497 e. The maximum Gasteiger partial charge on any atom is 0.240 e. The molecule has 3 aliphatic rings. The van der Waals surface area contributed by atoms with Crippen molar-refractivity contribution in [3.05, 3.63) is 59.8 Å². The smallest absolute Gasteiger partial charge is 0.240 e. The number of ether oxygens (including phenoxy) is 2. The zero-order valence-corrected chi connectivity index (χ0v) is 17.0. The summed E-state index contributed by atoms with van der Waals surface area (Å²) in [4.78, 5) is 42.5. The van der Waals surface area contributed by atoms with E-state index in [1.807, 2.05) is 30.3 Å². The Balaban J connectivity index is 1.64. The summed E-state index contributed by atoms with van der Waals surface area (Å²) in [7, 11) is 2.98. The topological polar surface area (TPSA) is 102 Å². The second-order valence-corrected chi connectivity index (χ2v) is 7.79. The highest BCUT2D eigenvalue weighted by Gasteiger charge is 2.64. The summed E-state index contributed by atoms with van der Waals surface area (Å²) in [6.07, 6.45) is 3.64. The van der Waals surface area contributed by atoms with Gasteiger partial charge >= 0.3 is 0 Å². The van der Waals surface area contributed by atoms with Crippen LogP contribution in [0.2, 0.25) is 0 Å². The Morgan fingerprint density at radius 2 is 1.74 bits per heavy atom. The highest BCUT2D eigenvalue weighted by Crippen LogP contribution is 2.53. The molecule has 8 heteroatoms. The van der Waals surface area contributed by atoms with Crippen LogP contribution in [0.3, 0.4) is 0 Å². The molecule has 0 radical (unpaired) electrons. The number of hydrogen-bond donors (Lipinski definition) is 1. The van der Waals surface area contributed by atoms with Gasteiger partial charge in [-0.25, -0.2) is 4.90 Å². The molecule has 0 saturated carbocycles. The number of carbonyl (C=O) groups is 3. The molecule has 0 unspecified atom stereocenters. The van der Waals surface area contributed by atoms with E-state index in [9.17, 15) is 14.4 Å². The monoisotopic (exact) mass is 419 g/mol. The van der Waals surface area contributed by atoms with Crippen molar-refractivity contribution < 1.29 is 23.9 Å². The number of methoxy groups -OCH3 is 2. The number of nitrogens with two attached hydrogens (primary N) is 1. The van der Waals surface area contributed by atoms with Gasteiger partial charge in [0, 0.05) is 12.3 Å². The van der Waals surface area contributed by atoms with E-state index in [4.69, 9.17) is 15.2 Å². The van der Waals surface area contributed by atoms with E-state index in [0.29, 0.717) is 17.2 Å². The van der Waals surface area contributed by atoms with E-state index in [-0.39, 0.29) is 5.91 Å². The molecule has 0 aromatic heterocycles. The SMILES string of the molecule is COc1ccc(N2C(=O)[C@@H]3[C@H](C2=O)[C@H]2c4ccccc4C=CN2[C@H]3C(N)=O)c(OC)c1. The number of anilines is 1. The van der Waals surface area contributed by atoms with Gasteiger partial charge in [-0.2, -0.15) is 0 Å².